The van der Waals surface area contributed by atoms with Crippen LogP contribution in [0.4, 0.5) is 5.69 Å². The molecule has 0 unspecified atom stereocenters. The van der Waals surface area contributed by atoms with E-state index >= 15 is 0 Å². The molecule has 0 saturated heterocycles. The minimum absolute atomic E-state index is 0.0693. The lowest BCUT2D eigenvalue weighted by Gasteiger charge is -2.31. The van der Waals surface area contributed by atoms with Gasteiger partial charge in [0.15, 0.2) is 0 Å². The molecule has 152 valence electrons. The Morgan fingerprint density at radius 1 is 0.929 bits per heavy atom. The van der Waals surface area contributed by atoms with Crippen molar-refractivity contribution in [3.8, 4) is 0 Å². The van der Waals surface area contributed by atoms with E-state index in [-0.39, 0.29) is 24.5 Å². The summed E-state index contributed by atoms with van der Waals surface area (Å²) in [4.78, 5) is 14.6. The average molecular weight is 423 g/mol. The van der Waals surface area contributed by atoms with E-state index in [0.717, 1.165) is 5.56 Å². The van der Waals surface area contributed by atoms with Gasteiger partial charge in [-0.15, -0.1) is 0 Å². The molecule has 0 N–H and O–H groups in total. The number of hydrogen-bond donors (Lipinski definition) is 0. The van der Waals surface area contributed by atoms with Gasteiger partial charge in [-0.2, -0.15) is 0 Å². The molecule has 2 aromatic rings. The Hall–Kier alpha value is -2.05. The third kappa shape index (κ3) is 5.49. The fourth-order valence-corrected chi connectivity index (χ4v) is 4.15. The standard InChI is InChI=1S/C21H27ClN2O3S/c1-15(2)24(16(3)4)21(25)18-8-12-20(13-9-18)23(28(5,26)27)14-17-6-10-19(22)11-7-17/h6-13,15-16H,14H2,1-5H3. The lowest BCUT2D eigenvalue weighted by Crippen LogP contribution is -2.42. The summed E-state index contributed by atoms with van der Waals surface area (Å²) in [5, 5.41) is 0.595. The number of halogens is 1. The van der Waals surface area contributed by atoms with Crippen molar-refractivity contribution in [3.63, 3.8) is 0 Å². The minimum atomic E-state index is -3.50. The molecule has 2 aromatic carbocycles. The first-order valence-corrected chi connectivity index (χ1v) is 11.4. The van der Waals surface area contributed by atoms with Crippen LogP contribution in [-0.2, 0) is 16.6 Å². The molecule has 0 radical (unpaired) electrons. The zero-order valence-electron chi connectivity index (χ0n) is 16.9. The summed E-state index contributed by atoms with van der Waals surface area (Å²) in [6.07, 6.45) is 1.17. The van der Waals surface area contributed by atoms with Gasteiger partial charge in [-0.05, 0) is 69.7 Å². The van der Waals surface area contributed by atoms with Gasteiger partial charge < -0.3 is 4.90 Å². The number of carbonyl (C=O) groups is 1. The Bertz CT molecular complexity index is 900. The first-order valence-electron chi connectivity index (χ1n) is 9.15. The van der Waals surface area contributed by atoms with Crippen molar-refractivity contribution in [3.05, 3.63) is 64.7 Å². The van der Waals surface area contributed by atoms with Gasteiger partial charge in [0.2, 0.25) is 10.0 Å². The van der Waals surface area contributed by atoms with E-state index < -0.39 is 10.0 Å². The van der Waals surface area contributed by atoms with Gasteiger partial charge >= 0.3 is 0 Å². The number of anilines is 1. The van der Waals surface area contributed by atoms with Gasteiger partial charge in [-0.25, -0.2) is 8.42 Å². The topological polar surface area (TPSA) is 57.7 Å². The van der Waals surface area contributed by atoms with Gasteiger partial charge in [0, 0.05) is 22.7 Å². The molecule has 28 heavy (non-hydrogen) atoms. The highest BCUT2D eigenvalue weighted by atomic mass is 35.5. The maximum absolute atomic E-state index is 12.8. The quantitative estimate of drug-likeness (QED) is 0.656. The van der Waals surface area contributed by atoms with Crippen LogP contribution in [0.15, 0.2) is 48.5 Å². The second kappa shape index (κ2) is 8.97. The highest BCUT2D eigenvalue weighted by Gasteiger charge is 2.23. The predicted molar refractivity (Wildman–Crippen MR) is 115 cm³/mol. The third-order valence-electron chi connectivity index (χ3n) is 4.39. The predicted octanol–water partition coefficient (Wildman–Crippen LogP) is 4.57. The number of benzene rings is 2. The fourth-order valence-electron chi connectivity index (χ4n) is 3.14. The van der Waals surface area contributed by atoms with Crippen molar-refractivity contribution in [2.45, 2.75) is 46.3 Å². The molecule has 2 rings (SSSR count). The van der Waals surface area contributed by atoms with Crippen LogP contribution in [0.2, 0.25) is 5.02 Å². The Balaban J connectivity index is 2.31. The van der Waals surface area contributed by atoms with E-state index in [1.54, 1.807) is 53.4 Å². The number of carbonyl (C=O) groups excluding carboxylic acids is 1. The third-order valence-corrected chi connectivity index (χ3v) is 5.78. The second-order valence-corrected chi connectivity index (χ2v) is 9.69. The molecule has 0 aliphatic carbocycles. The molecule has 0 spiro atoms. The highest BCUT2D eigenvalue weighted by Crippen LogP contribution is 2.23. The summed E-state index contributed by atoms with van der Waals surface area (Å²) in [5.41, 5.74) is 1.86. The largest absolute Gasteiger partial charge is 0.334 e. The molecular formula is C21H27ClN2O3S. The Morgan fingerprint density at radius 3 is 1.86 bits per heavy atom. The monoisotopic (exact) mass is 422 g/mol. The van der Waals surface area contributed by atoms with Gasteiger partial charge in [0.25, 0.3) is 5.91 Å². The van der Waals surface area contributed by atoms with Crippen LogP contribution < -0.4 is 4.31 Å². The lowest BCUT2D eigenvalue weighted by atomic mass is 10.1. The van der Waals surface area contributed by atoms with Gasteiger partial charge in [-0.1, -0.05) is 23.7 Å². The average Bonchev–Trinajstić information content (AvgIpc) is 2.59. The summed E-state index contributed by atoms with van der Waals surface area (Å²) in [6, 6.07) is 13.9. The van der Waals surface area contributed by atoms with Crippen LogP contribution in [0.25, 0.3) is 0 Å². The van der Waals surface area contributed by atoms with E-state index in [4.69, 9.17) is 11.6 Å². The van der Waals surface area contributed by atoms with Crippen molar-refractivity contribution >= 4 is 33.2 Å². The number of amides is 1. The van der Waals surface area contributed by atoms with Gasteiger partial charge in [0.1, 0.15) is 0 Å². The molecule has 0 saturated carbocycles. The molecule has 1 amide bonds. The molecule has 5 nitrogen and oxygen atoms in total. The Morgan fingerprint density at radius 2 is 1.43 bits per heavy atom. The van der Waals surface area contributed by atoms with Gasteiger partial charge in [0.05, 0.1) is 18.5 Å². The van der Waals surface area contributed by atoms with Crippen LogP contribution in [0.3, 0.4) is 0 Å². The molecule has 0 heterocycles. The molecule has 7 heteroatoms. The number of rotatable bonds is 7. The van der Waals surface area contributed by atoms with Crippen molar-refractivity contribution in [2.75, 3.05) is 10.6 Å². The molecule has 0 atom stereocenters. The van der Waals surface area contributed by atoms with Crippen LogP contribution in [-0.4, -0.2) is 37.6 Å². The fraction of sp³-hybridized carbons (Fsp3) is 0.381. The summed E-state index contributed by atoms with van der Waals surface area (Å²) in [7, 11) is -3.50. The van der Waals surface area contributed by atoms with E-state index in [1.165, 1.54) is 10.6 Å². The zero-order valence-corrected chi connectivity index (χ0v) is 18.5. The number of hydrogen-bond acceptors (Lipinski definition) is 3. The molecule has 0 aromatic heterocycles. The summed E-state index contributed by atoms with van der Waals surface area (Å²) in [6.45, 7) is 8.09. The molecule has 0 aliphatic heterocycles. The first kappa shape index (κ1) is 22.2. The zero-order chi connectivity index (χ0) is 21.1. The van der Waals surface area contributed by atoms with Gasteiger partial charge in [-0.3, -0.25) is 9.10 Å². The van der Waals surface area contributed by atoms with E-state index in [1.807, 2.05) is 27.7 Å². The van der Waals surface area contributed by atoms with E-state index in [2.05, 4.69) is 0 Å². The van der Waals surface area contributed by atoms with E-state index in [0.29, 0.717) is 16.3 Å². The highest BCUT2D eigenvalue weighted by molar-refractivity contribution is 7.92. The maximum atomic E-state index is 12.8. The molecular weight excluding hydrogens is 396 g/mol. The molecule has 0 fully saturated rings. The van der Waals surface area contributed by atoms with Crippen molar-refractivity contribution < 1.29 is 13.2 Å². The summed E-state index contributed by atoms with van der Waals surface area (Å²) >= 11 is 5.90. The van der Waals surface area contributed by atoms with Crippen molar-refractivity contribution in [2.24, 2.45) is 0 Å². The van der Waals surface area contributed by atoms with Crippen molar-refractivity contribution in [1.29, 1.82) is 0 Å². The SMILES string of the molecule is CC(C)N(C(=O)c1ccc(N(Cc2ccc(Cl)cc2)S(C)(=O)=O)cc1)C(C)C. The van der Waals surface area contributed by atoms with Crippen LogP contribution in [0, 0.1) is 0 Å². The van der Waals surface area contributed by atoms with Crippen LogP contribution in [0.5, 0.6) is 0 Å². The summed E-state index contributed by atoms with van der Waals surface area (Å²) < 4.78 is 26.0. The van der Waals surface area contributed by atoms with E-state index in [9.17, 15) is 13.2 Å². The first-order chi connectivity index (χ1) is 13.0. The minimum Gasteiger partial charge on any atom is -0.334 e. The van der Waals surface area contributed by atoms with Crippen LogP contribution in [0.1, 0.15) is 43.6 Å². The number of sulfonamides is 1. The Kier molecular flexibility index (Phi) is 7.12. The Labute approximate surface area is 173 Å². The molecule has 0 aliphatic rings. The summed E-state index contributed by atoms with van der Waals surface area (Å²) in [5.74, 6) is -0.0693. The van der Waals surface area contributed by atoms with Crippen LogP contribution >= 0.6 is 11.6 Å². The van der Waals surface area contributed by atoms with Crippen molar-refractivity contribution in [1.82, 2.24) is 4.90 Å². The maximum Gasteiger partial charge on any atom is 0.254 e. The lowest BCUT2D eigenvalue weighted by molar-refractivity contribution is 0.0643. The second-order valence-electron chi connectivity index (χ2n) is 7.34. The number of nitrogens with zero attached hydrogens (tertiary/aromatic N) is 2. The smallest absolute Gasteiger partial charge is 0.254 e. The normalized spacial score (nSPS) is 11.7. The molecule has 0 bridgehead atoms.